The second-order valence-corrected chi connectivity index (χ2v) is 22.7. The number of carbonyl (C=O) groups excluding carboxylic acids is 3. The van der Waals surface area contributed by atoms with Crippen LogP contribution in [0.25, 0.3) is 0 Å². The maximum atomic E-state index is 12.9. The molecule has 0 aromatic heterocycles. The Balaban J connectivity index is 4.30. The molecule has 0 fully saturated rings. The van der Waals surface area contributed by atoms with E-state index in [1.54, 1.807) is 0 Å². The standard InChI is InChI=1S/C69H128O6/c1-4-7-10-13-16-19-22-25-28-30-32-33-34-35-37-38-41-44-47-50-53-56-59-62-68(71)74-65-66(64-73-67(70)61-58-55-52-49-46-43-40-27-24-21-18-15-12-9-6-3)75-69(72)63-60-57-54-51-48-45-42-39-36-31-29-26-23-20-17-14-11-8-5-2/h17,20,26,29,36,39,66H,4-16,18-19,21-25,27-28,30-35,37-38,40-65H2,1-3H3/b20-17-,29-26-,39-36-. The molecule has 0 saturated heterocycles. The summed E-state index contributed by atoms with van der Waals surface area (Å²) in [5.41, 5.74) is 0. The van der Waals surface area contributed by atoms with Crippen LogP contribution in [0.15, 0.2) is 36.5 Å². The Kier molecular flexibility index (Phi) is 62.1. The molecule has 0 aromatic rings. The van der Waals surface area contributed by atoms with Gasteiger partial charge in [-0.15, -0.1) is 0 Å². The van der Waals surface area contributed by atoms with E-state index in [9.17, 15) is 14.4 Å². The molecule has 0 aliphatic rings. The van der Waals surface area contributed by atoms with E-state index in [1.165, 1.54) is 250 Å². The lowest BCUT2D eigenvalue weighted by molar-refractivity contribution is -0.167. The van der Waals surface area contributed by atoms with Crippen molar-refractivity contribution in [2.45, 2.75) is 374 Å². The number of unbranched alkanes of at least 4 members (excludes halogenated alkanes) is 45. The van der Waals surface area contributed by atoms with Gasteiger partial charge in [-0.05, 0) is 57.8 Å². The molecular formula is C69H128O6. The zero-order chi connectivity index (χ0) is 54.3. The molecule has 440 valence electrons. The van der Waals surface area contributed by atoms with Crippen LogP contribution in [0.5, 0.6) is 0 Å². The molecule has 6 heteroatoms. The first-order chi connectivity index (χ1) is 37.0. The van der Waals surface area contributed by atoms with Crippen molar-refractivity contribution < 1.29 is 28.6 Å². The zero-order valence-corrected chi connectivity index (χ0v) is 50.6. The van der Waals surface area contributed by atoms with Gasteiger partial charge in [-0.2, -0.15) is 0 Å². The molecule has 0 aliphatic heterocycles. The van der Waals surface area contributed by atoms with Crippen molar-refractivity contribution >= 4 is 17.9 Å². The van der Waals surface area contributed by atoms with Gasteiger partial charge < -0.3 is 14.2 Å². The van der Waals surface area contributed by atoms with Crippen LogP contribution in [-0.4, -0.2) is 37.2 Å². The van der Waals surface area contributed by atoms with E-state index in [1.807, 2.05) is 0 Å². The number of carbonyl (C=O) groups is 3. The van der Waals surface area contributed by atoms with Gasteiger partial charge in [-0.25, -0.2) is 0 Å². The molecule has 75 heavy (non-hydrogen) atoms. The van der Waals surface area contributed by atoms with Crippen molar-refractivity contribution in [3.8, 4) is 0 Å². The van der Waals surface area contributed by atoms with Gasteiger partial charge in [0.25, 0.3) is 0 Å². The minimum Gasteiger partial charge on any atom is -0.462 e. The highest BCUT2D eigenvalue weighted by Crippen LogP contribution is 2.18. The van der Waals surface area contributed by atoms with Crippen LogP contribution >= 0.6 is 0 Å². The quantitative estimate of drug-likeness (QED) is 0.0261. The van der Waals surface area contributed by atoms with Gasteiger partial charge in [-0.1, -0.05) is 327 Å². The number of esters is 3. The maximum Gasteiger partial charge on any atom is 0.306 e. The summed E-state index contributed by atoms with van der Waals surface area (Å²) in [6.45, 7) is 6.67. The third-order valence-corrected chi connectivity index (χ3v) is 15.1. The summed E-state index contributed by atoms with van der Waals surface area (Å²) in [7, 11) is 0. The third kappa shape index (κ3) is 62.4. The highest BCUT2D eigenvalue weighted by molar-refractivity contribution is 5.71. The van der Waals surface area contributed by atoms with Gasteiger partial charge in [-0.3, -0.25) is 14.4 Å². The Labute approximate surface area is 467 Å². The minimum absolute atomic E-state index is 0.0720. The second-order valence-electron chi connectivity index (χ2n) is 22.7. The lowest BCUT2D eigenvalue weighted by Gasteiger charge is -2.18. The molecule has 0 heterocycles. The monoisotopic (exact) mass is 1050 g/mol. The Hall–Kier alpha value is -2.37. The highest BCUT2D eigenvalue weighted by atomic mass is 16.6. The average molecular weight is 1050 g/mol. The van der Waals surface area contributed by atoms with Crippen molar-refractivity contribution in [2.75, 3.05) is 13.2 Å². The molecule has 0 N–H and O–H groups in total. The SMILES string of the molecule is CCCCC/C=C\C/C=C\C/C=C\CCCCCCCCC(=O)OC(COC(=O)CCCCCCCCCCCCCCCCC)COC(=O)CCCCCCCCCCCCCCCCCCCCCCCCC. The van der Waals surface area contributed by atoms with Crippen LogP contribution in [0, 0.1) is 0 Å². The van der Waals surface area contributed by atoms with Crippen molar-refractivity contribution in [1.29, 1.82) is 0 Å². The van der Waals surface area contributed by atoms with E-state index in [0.717, 1.165) is 77.0 Å². The normalized spacial score (nSPS) is 12.2. The summed E-state index contributed by atoms with van der Waals surface area (Å²) in [4.78, 5) is 38.4. The first-order valence-electron chi connectivity index (χ1n) is 33.5. The van der Waals surface area contributed by atoms with Gasteiger partial charge in [0.05, 0.1) is 0 Å². The van der Waals surface area contributed by atoms with E-state index in [2.05, 4.69) is 57.2 Å². The number of hydrogen-bond acceptors (Lipinski definition) is 6. The molecule has 0 aliphatic carbocycles. The summed E-state index contributed by atoms with van der Waals surface area (Å²) in [5, 5.41) is 0. The zero-order valence-electron chi connectivity index (χ0n) is 50.6. The van der Waals surface area contributed by atoms with E-state index in [-0.39, 0.29) is 31.1 Å². The summed E-state index contributed by atoms with van der Waals surface area (Å²) in [5.74, 6) is -0.857. The smallest absolute Gasteiger partial charge is 0.306 e. The molecule has 1 atom stereocenters. The molecule has 1 unspecified atom stereocenters. The predicted octanol–water partition coefficient (Wildman–Crippen LogP) is 22.8. The second kappa shape index (κ2) is 64.2. The number of allylic oxidation sites excluding steroid dienone is 6. The third-order valence-electron chi connectivity index (χ3n) is 15.1. The molecular weight excluding hydrogens is 925 g/mol. The summed E-state index contributed by atoms with van der Waals surface area (Å²) in [6.07, 6.45) is 78.7. The molecule has 6 nitrogen and oxygen atoms in total. The lowest BCUT2D eigenvalue weighted by Crippen LogP contribution is -2.30. The Bertz CT molecular complexity index is 1250. The minimum atomic E-state index is -0.776. The van der Waals surface area contributed by atoms with Gasteiger partial charge in [0.2, 0.25) is 0 Å². The maximum absolute atomic E-state index is 12.9. The number of hydrogen-bond donors (Lipinski definition) is 0. The molecule has 0 bridgehead atoms. The number of rotatable bonds is 62. The van der Waals surface area contributed by atoms with E-state index in [0.29, 0.717) is 19.3 Å². The van der Waals surface area contributed by atoms with Crippen LogP contribution in [0.2, 0.25) is 0 Å². The first-order valence-corrected chi connectivity index (χ1v) is 33.5. The van der Waals surface area contributed by atoms with Crippen molar-refractivity contribution in [2.24, 2.45) is 0 Å². The van der Waals surface area contributed by atoms with Gasteiger partial charge in [0.1, 0.15) is 13.2 Å². The predicted molar refractivity (Wildman–Crippen MR) is 326 cm³/mol. The summed E-state index contributed by atoms with van der Waals surface area (Å²) >= 11 is 0. The van der Waals surface area contributed by atoms with E-state index in [4.69, 9.17) is 14.2 Å². The molecule has 0 saturated carbocycles. The first kappa shape index (κ1) is 72.6. The van der Waals surface area contributed by atoms with E-state index < -0.39 is 6.10 Å². The van der Waals surface area contributed by atoms with Gasteiger partial charge in [0, 0.05) is 19.3 Å². The van der Waals surface area contributed by atoms with Crippen molar-refractivity contribution in [1.82, 2.24) is 0 Å². The average Bonchev–Trinajstić information content (AvgIpc) is 3.41. The lowest BCUT2D eigenvalue weighted by atomic mass is 10.0. The molecule has 0 spiro atoms. The fraction of sp³-hybridized carbons (Fsp3) is 0.870. The van der Waals surface area contributed by atoms with E-state index >= 15 is 0 Å². The van der Waals surface area contributed by atoms with Crippen LogP contribution < -0.4 is 0 Å². The fourth-order valence-corrected chi connectivity index (χ4v) is 10.1. The van der Waals surface area contributed by atoms with Gasteiger partial charge >= 0.3 is 17.9 Å². The Morgan fingerprint density at radius 1 is 0.267 bits per heavy atom. The van der Waals surface area contributed by atoms with Crippen LogP contribution in [-0.2, 0) is 28.6 Å². The fourth-order valence-electron chi connectivity index (χ4n) is 10.1. The summed E-state index contributed by atoms with van der Waals surface area (Å²) < 4.78 is 17.0. The van der Waals surface area contributed by atoms with Crippen LogP contribution in [0.3, 0.4) is 0 Å². The number of ether oxygens (including phenoxy) is 3. The summed E-state index contributed by atoms with van der Waals surface area (Å²) in [6, 6.07) is 0. The Morgan fingerprint density at radius 3 is 0.773 bits per heavy atom. The highest BCUT2D eigenvalue weighted by Gasteiger charge is 2.19. The van der Waals surface area contributed by atoms with Crippen LogP contribution in [0.4, 0.5) is 0 Å². The largest absolute Gasteiger partial charge is 0.462 e. The van der Waals surface area contributed by atoms with Crippen molar-refractivity contribution in [3.63, 3.8) is 0 Å². The Morgan fingerprint density at radius 2 is 0.480 bits per heavy atom. The van der Waals surface area contributed by atoms with Gasteiger partial charge in [0.15, 0.2) is 6.10 Å². The van der Waals surface area contributed by atoms with Crippen molar-refractivity contribution in [3.05, 3.63) is 36.5 Å². The molecule has 0 radical (unpaired) electrons. The molecule has 0 aromatic carbocycles. The molecule has 0 amide bonds. The van der Waals surface area contributed by atoms with Crippen LogP contribution in [0.1, 0.15) is 367 Å². The topological polar surface area (TPSA) is 78.9 Å². The molecule has 0 rings (SSSR count).